The Hall–Kier alpha value is -1.35. The first kappa shape index (κ1) is 14.1. The molecule has 104 valence electrons. The van der Waals surface area contributed by atoms with Gasteiger partial charge in [-0.15, -0.1) is 0 Å². The monoisotopic (exact) mass is 261 g/mol. The van der Waals surface area contributed by atoms with Crippen LogP contribution in [-0.2, 0) is 15.1 Å². The third kappa shape index (κ3) is 2.81. The zero-order valence-corrected chi connectivity index (χ0v) is 12.1. The number of hydrogen-bond acceptors (Lipinski definition) is 3. The van der Waals surface area contributed by atoms with Crippen molar-refractivity contribution in [2.24, 2.45) is 5.92 Å². The Balaban J connectivity index is 2.39. The summed E-state index contributed by atoms with van der Waals surface area (Å²) in [5.74, 6) is 0.175. The minimum Gasteiger partial charge on any atom is -0.454 e. The van der Waals surface area contributed by atoms with Crippen LogP contribution in [0.1, 0.15) is 32.3 Å². The first-order valence-corrected chi connectivity index (χ1v) is 7.02. The maximum Gasteiger partial charge on any atom is 0.303 e. The molecule has 0 radical (unpaired) electrons. The third-order valence-corrected chi connectivity index (χ3v) is 4.16. The number of likely N-dealkylation sites (tertiary alicyclic amines) is 1. The van der Waals surface area contributed by atoms with Crippen LogP contribution < -0.4 is 0 Å². The molecule has 0 aliphatic carbocycles. The van der Waals surface area contributed by atoms with E-state index in [-0.39, 0.29) is 5.97 Å². The van der Waals surface area contributed by atoms with E-state index in [4.69, 9.17) is 4.74 Å². The highest BCUT2D eigenvalue weighted by Crippen LogP contribution is 2.41. The molecule has 1 aromatic carbocycles. The average Bonchev–Trinajstić information content (AvgIpc) is 2.84. The Morgan fingerprint density at radius 3 is 2.58 bits per heavy atom. The summed E-state index contributed by atoms with van der Waals surface area (Å²) < 4.78 is 5.84. The van der Waals surface area contributed by atoms with E-state index in [0.29, 0.717) is 5.92 Å². The minimum absolute atomic E-state index is 0.194. The summed E-state index contributed by atoms with van der Waals surface area (Å²) >= 11 is 0. The summed E-state index contributed by atoms with van der Waals surface area (Å²) in [7, 11) is 2.12. The summed E-state index contributed by atoms with van der Waals surface area (Å²) in [5, 5.41) is 0. The standard InChI is InChI=1S/C16H23NO2/c1-4-16(19-13(2)18,14-8-6-5-7-9-14)15-10-11-17(3)12-15/h5-9,15H,4,10-12H2,1-3H3/t15-,16+/m1/s1. The second kappa shape index (κ2) is 5.74. The molecule has 1 aliphatic heterocycles. The lowest BCUT2D eigenvalue weighted by Gasteiger charge is -2.38. The molecule has 0 N–H and O–H groups in total. The van der Waals surface area contributed by atoms with Gasteiger partial charge >= 0.3 is 5.97 Å². The lowest BCUT2D eigenvalue weighted by molar-refractivity contribution is -0.165. The van der Waals surface area contributed by atoms with Crippen LogP contribution in [0.15, 0.2) is 30.3 Å². The van der Waals surface area contributed by atoms with Crippen LogP contribution in [0, 0.1) is 5.92 Å². The zero-order valence-electron chi connectivity index (χ0n) is 12.1. The summed E-state index contributed by atoms with van der Waals surface area (Å²) in [6, 6.07) is 10.2. The maximum atomic E-state index is 11.6. The van der Waals surface area contributed by atoms with Crippen LogP contribution in [-0.4, -0.2) is 31.0 Å². The topological polar surface area (TPSA) is 29.5 Å². The molecular weight excluding hydrogens is 238 g/mol. The number of benzene rings is 1. The van der Waals surface area contributed by atoms with Crippen molar-refractivity contribution in [1.82, 2.24) is 4.90 Å². The highest BCUT2D eigenvalue weighted by Gasteiger charge is 2.44. The molecule has 0 bridgehead atoms. The van der Waals surface area contributed by atoms with E-state index in [2.05, 4.69) is 31.0 Å². The Morgan fingerprint density at radius 1 is 1.42 bits per heavy atom. The van der Waals surface area contributed by atoms with Crippen molar-refractivity contribution in [3.63, 3.8) is 0 Å². The zero-order chi connectivity index (χ0) is 13.9. The van der Waals surface area contributed by atoms with Gasteiger partial charge in [0.2, 0.25) is 0 Å². The summed E-state index contributed by atoms with van der Waals surface area (Å²) in [4.78, 5) is 13.9. The first-order valence-electron chi connectivity index (χ1n) is 7.02. The number of ether oxygens (including phenoxy) is 1. The van der Waals surface area contributed by atoms with Crippen molar-refractivity contribution < 1.29 is 9.53 Å². The van der Waals surface area contributed by atoms with Crippen molar-refractivity contribution in [3.8, 4) is 0 Å². The van der Waals surface area contributed by atoms with Gasteiger partial charge in [-0.3, -0.25) is 4.79 Å². The van der Waals surface area contributed by atoms with Crippen molar-refractivity contribution in [2.75, 3.05) is 20.1 Å². The molecule has 1 aliphatic rings. The molecule has 1 saturated heterocycles. The number of carbonyl (C=O) groups is 1. The third-order valence-electron chi connectivity index (χ3n) is 4.16. The molecular formula is C16H23NO2. The Bertz CT molecular complexity index is 432. The number of hydrogen-bond donors (Lipinski definition) is 0. The highest BCUT2D eigenvalue weighted by molar-refractivity contribution is 5.67. The van der Waals surface area contributed by atoms with Crippen molar-refractivity contribution >= 4 is 5.97 Å². The van der Waals surface area contributed by atoms with E-state index < -0.39 is 5.60 Å². The molecule has 0 spiro atoms. The molecule has 0 unspecified atom stereocenters. The molecule has 1 aromatic rings. The molecule has 0 aromatic heterocycles. The molecule has 3 heteroatoms. The molecule has 1 fully saturated rings. The fourth-order valence-electron chi connectivity index (χ4n) is 3.24. The first-order chi connectivity index (χ1) is 9.08. The quantitative estimate of drug-likeness (QED) is 0.781. The lowest BCUT2D eigenvalue weighted by Crippen LogP contribution is -2.40. The fourth-order valence-corrected chi connectivity index (χ4v) is 3.24. The van der Waals surface area contributed by atoms with Gasteiger partial charge in [-0.05, 0) is 32.0 Å². The largest absolute Gasteiger partial charge is 0.454 e. The molecule has 19 heavy (non-hydrogen) atoms. The minimum atomic E-state index is -0.474. The predicted molar refractivity (Wildman–Crippen MR) is 75.8 cm³/mol. The van der Waals surface area contributed by atoms with Crippen molar-refractivity contribution in [1.29, 1.82) is 0 Å². The molecule has 2 atom stereocenters. The van der Waals surface area contributed by atoms with Gasteiger partial charge < -0.3 is 9.64 Å². The van der Waals surface area contributed by atoms with Gasteiger partial charge in [-0.2, -0.15) is 0 Å². The normalized spacial score (nSPS) is 23.0. The summed E-state index contributed by atoms with van der Waals surface area (Å²) in [5.41, 5.74) is 0.644. The van der Waals surface area contributed by atoms with Crippen LogP contribution in [0.5, 0.6) is 0 Å². The highest BCUT2D eigenvalue weighted by atomic mass is 16.6. The van der Waals surface area contributed by atoms with E-state index in [1.54, 1.807) is 0 Å². The second-order valence-corrected chi connectivity index (χ2v) is 5.45. The second-order valence-electron chi connectivity index (χ2n) is 5.45. The van der Waals surface area contributed by atoms with E-state index in [0.717, 1.165) is 31.5 Å². The fraction of sp³-hybridized carbons (Fsp3) is 0.562. The van der Waals surface area contributed by atoms with Crippen LogP contribution in [0.3, 0.4) is 0 Å². The van der Waals surface area contributed by atoms with E-state index in [9.17, 15) is 4.79 Å². The average molecular weight is 261 g/mol. The summed E-state index contributed by atoms with van der Waals surface area (Å²) in [6.45, 7) is 5.66. The van der Waals surface area contributed by atoms with Gasteiger partial charge in [0.15, 0.2) is 0 Å². The maximum absolute atomic E-state index is 11.6. The van der Waals surface area contributed by atoms with Crippen molar-refractivity contribution in [3.05, 3.63) is 35.9 Å². The van der Waals surface area contributed by atoms with Crippen LogP contribution in [0.25, 0.3) is 0 Å². The van der Waals surface area contributed by atoms with Gasteiger partial charge in [0, 0.05) is 19.4 Å². The Labute approximate surface area is 115 Å². The van der Waals surface area contributed by atoms with Crippen LogP contribution in [0.2, 0.25) is 0 Å². The molecule has 0 amide bonds. The van der Waals surface area contributed by atoms with E-state index in [1.807, 2.05) is 18.2 Å². The van der Waals surface area contributed by atoms with Gasteiger partial charge in [0.05, 0.1) is 0 Å². The van der Waals surface area contributed by atoms with Gasteiger partial charge in [-0.1, -0.05) is 37.3 Å². The molecule has 0 saturated carbocycles. The molecule has 1 heterocycles. The smallest absolute Gasteiger partial charge is 0.303 e. The van der Waals surface area contributed by atoms with E-state index >= 15 is 0 Å². The predicted octanol–water partition coefficient (Wildman–Crippen LogP) is 2.81. The van der Waals surface area contributed by atoms with Gasteiger partial charge in [0.25, 0.3) is 0 Å². The number of rotatable bonds is 4. The Morgan fingerprint density at radius 2 is 2.11 bits per heavy atom. The van der Waals surface area contributed by atoms with Crippen molar-refractivity contribution in [2.45, 2.75) is 32.3 Å². The number of carbonyl (C=O) groups excluding carboxylic acids is 1. The molecule has 2 rings (SSSR count). The lowest BCUT2D eigenvalue weighted by atomic mass is 9.78. The Kier molecular flexibility index (Phi) is 4.25. The molecule has 3 nitrogen and oxygen atoms in total. The van der Waals surface area contributed by atoms with Gasteiger partial charge in [0.1, 0.15) is 5.60 Å². The van der Waals surface area contributed by atoms with E-state index in [1.165, 1.54) is 6.92 Å². The number of nitrogens with zero attached hydrogens (tertiary/aromatic N) is 1. The number of esters is 1. The van der Waals surface area contributed by atoms with Crippen LogP contribution >= 0.6 is 0 Å². The summed E-state index contributed by atoms with van der Waals surface area (Å²) in [6.07, 6.45) is 1.89. The van der Waals surface area contributed by atoms with Crippen LogP contribution in [0.4, 0.5) is 0 Å². The van der Waals surface area contributed by atoms with Gasteiger partial charge in [-0.25, -0.2) is 0 Å². The SMILES string of the molecule is CC[C@](OC(C)=O)(c1ccccc1)[C@@H]1CCN(C)C1.